The van der Waals surface area contributed by atoms with Gasteiger partial charge in [0, 0.05) is 30.4 Å². The number of hydrogen-bond donors (Lipinski definition) is 1. The summed E-state index contributed by atoms with van der Waals surface area (Å²) in [6, 6.07) is 12.8. The van der Waals surface area contributed by atoms with Crippen LogP contribution in [0.4, 0.5) is 5.82 Å². The third kappa shape index (κ3) is 2.66. The molecule has 3 rings (SSSR count). The molecule has 0 bridgehead atoms. The van der Waals surface area contributed by atoms with Crippen LogP contribution in [-0.4, -0.2) is 20.8 Å². The van der Waals surface area contributed by atoms with Gasteiger partial charge in [-0.1, -0.05) is 18.2 Å². The predicted molar refractivity (Wildman–Crippen MR) is 88.7 cm³/mol. The molecule has 0 aliphatic carbocycles. The molecule has 116 valence electrons. The molecule has 2 aromatic heterocycles. The number of aryl methyl sites for hydroxylation is 1. The maximum Gasteiger partial charge on any atom is 0.250 e. The van der Waals surface area contributed by atoms with Crippen molar-refractivity contribution in [3.8, 4) is 16.9 Å². The second kappa shape index (κ2) is 5.92. The quantitative estimate of drug-likeness (QED) is 0.751. The van der Waals surface area contributed by atoms with Crippen LogP contribution in [0.15, 0.2) is 53.5 Å². The zero-order valence-electron chi connectivity index (χ0n) is 12.9. The van der Waals surface area contributed by atoms with Gasteiger partial charge in [-0.15, -0.1) is 0 Å². The van der Waals surface area contributed by atoms with E-state index in [0.29, 0.717) is 17.9 Å². The molecule has 6 nitrogen and oxygen atoms in total. The van der Waals surface area contributed by atoms with Gasteiger partial charge in [0.05, 0.1) is 11.4 Å². The van der Waals surface area contributed by atoms with Gasteiger partial charge in [-0.05, 0) is 25.1 Å². The topological polar surface area (TPSA) is 68.9 Å². The second-order valence-corrected chi connectivity index (χ2v) is 5.20. The number of nitrogens with one attached hydrogen (secondary N) is 1. The fourth-order valence-electron chi connectivity index (χ4n) is 2.49. The van der Waals surface area contributed by atoms with Crippen LogP contribution in [0.25, 0.3) is 16.9 Å². The van der Waals surface area contributed by atoms with E-state index in [9.17, 15) is 9.59 Å². The number of para-hydroxylation sites is 1. The van der Waals surface area contributed by atoms with E-state index in [2.05, 4.69) is 10.4 Å². The Morgan fingerprint density at radius 1 is 1.13 bits per heavy atom. The van der Waals surface area contributed by atoms with Gasteiger partial charge in [-0.3, -0.25) is 9.59 Å². The van der Waals surface area contributed by atoms with Gasteiger partial charge < -0.3 is 9.88 Å². The summed E-state index contributed by atoms with van der Waals surface area (Å²) < 4.78 is 3.19. The first-order valence-electron chi connectivity index (χ1n) is 7.14. The Labute approximate surface area is 133 Å². The summed E-state index contributed by atoms with van der Waals surface area (Å²) in [5.41, 5.74) is 3.12. The first-order chi connectivity index (χ1) is 11.1. The lowest BCUT2D eigenvalue weighted by Gasteiger charge is -2.06. The van der Waals surface area contributed by atoms with Crippen LogP contribution in [0.3, 0.4) is 0 Å². The minimum atomic E-state index is -0.0832. The number of aromatic nitrogens is 3. The third-order valence-electron chi connectivity index (χ3n) is 3.68. The lowest BCUT2D eigenvalue weighted by molar-refractivity contribution is -0.105. The minimum absolute atomic E-state index is 0.0832. The Morgan fingerprint density at radius 3 is 2.52 bits per heavy atom. The summed E-state index contributed by atoms with van der Waals surface area (Å²) in [5, 5.41) is 7.33. The number of pyridine rings is 1. The summed E-state index contributed by atoms with van der Waals surface area (Å²) in [4.78, 5) is 22.5. The van der Waals surface area contributed by atoms with Crippen LogP contribution < -0.4 is 10.9 Å². The van der Waals surface area contributed by atoms with Crippen molar-refractivity contribution in [3.63, 3.8) is 0 Å². The largest absolute Gasteiger partial charge is 0.318 e. The van der Waals surface area contributed by atoms with Crippen LogP contribution in [-0.2, 0) is 11.8 Å². The van der Waals surface area contributed by atoms with Gasteiger partial charge in [0.2, 0.25) is 12.0 Å². The van der Waals surface area contributed by atoms with Crippen molar-refractivity contribution in [2.75, 3.05) is 5.32 Å². The number of benzene rings is 1. The van der Waals surface area contributed by atoms with E-state index in [1.807, 2.05) is 37.3 Å². The summed E-state index contributed by atoms with van der Waals surface area (Å²) in [6.45, 7) is 1.89. The third-order valence-corrected chi connectivity index (χ3v) is 3.68. The van der Waals surface area contributed by atoms with E-state index in [0.717, 1.165) is 16.8 Å². The molecule has 6 heteroatoms. The number of nitrogens with zero attached hydrogens (tertiary/aromatic N) is 3. The van der Waals surface area contributed by atoms with Crippen molar-refractivity contribution in [3.05, 3.63) is 64.6 Å². The summed E-state index contributed by atoms with van der Waals surface area (Å²) in [7, 11) is 1.69. The Hall–Kier alpha value is -3.15. The Morgan fingerprint density at radius 2 is 1.87 bits per heavy atom. The van der Waals surface area contributed by atoms with Crippen molar-refractivity contribution < 1.29 is 4.79 Å². The molecule has 2 heterocycles. The van der Waals surface area contributed by atoms with Gasteiger partial charge in [0.15, 0.2) is 0 Å². The zero-order chi connectivity index (χ0) is 16.4. The van der Waals surface area contributed by atoms with Crippen molar-refractivity contribution in [2.24, 2.45) is 7.05 Å². The molecule has 1 aromatic carbocycles. The lowest BCUT2D eigenvalue weighted by atomic mass is 10.1. The van der Waals surface area contributed by atoms with Crippen LogP contribution in [0.1, 0.15) is 5.56 Å². The molecule has 0 unspecified atom stereocenters. The number of anilines is 1. The van der Waals surface area contributed by atoms with Crippen LogP contribution in [0.2, 0.25) is 0 Å². The standard InChI is InChI=1S/C17H16N4O2/c1-12-16(13-8-9-15(23)20(2)10-13)19-21(17(12)18-11-22)14-6-4-3-5-7-14/h3-11H,1-2H3,(H,18,22). The van der Waals surface area contributed by atoms with Crippen LogP contribution in [0.5, 0.6) is 0 Å². The van der Waals surface area contributed by atoms with Crippen molar-refractivity contribution in [1.82, 2.24) is 14.3 Å². The molecule has 3 aromatic rings. The second-order valence-electron chi connectivity index (χ2n) is 5.20. The van der Waals surface area contributed by atoms with E-state index in [4.69, 9.17) is 0 Å². The number of carbonyl (C=O) groups is 1. The van der Waals surface area contributed by atoms with Gasteiger partial charge >= 0.3 is 0 Å². The molecule has 1 amide bonds. The molecule has 0 saturated heterocycles. The molecule has 0 aliphatic rings. The normalized spacial score (nSPS) is 10.5. The lowest BCUT2D eigenvalue weighted by Crippen LogP contribution is -2.14. The van der Waals surface area contributed by atoms with E-state index in [1.165, 1.54) is 10.6 Å². The minimum Gasteiger partial charge on any atom is -0.318 e. The Kier molecular flexibility index (Phi) is 3.80. The van der Waals surface area contributed by atoms with Gasteiger partial charge in [0.1, 0.15) is 5.82 Å². The average molecular weight is 308 g/mol. The van der Waals surface area contributed by atoms with Crippen LogP contribution >= 0.6 is 0 Å². The highest BCUT2D eigenvalue weighted by atomic mass is 16.1. The maximum absolute atomic E-state index is 11.6. The fraction of sp³-hybridized carbons (Fsp3) is 0.118. The highest BCUT2D eigenvalue weighted by molar-refractivity contribution is 5.77. The van der Waals surface area contributed by atoms with Gasteiger partial charge in [-0.2, -0.15) is 5.10 Å². The van der Waals surface area contributed by atoms with Crippen molar-refractivity contribution >= 4 is 12.2 Å². The Bertz CT molecular complexity index is 910. The van der Waals surface area contributed by atoms with E-state index in [1.54, 1.807) is 24.0 Å². The fourth-order valence-corrected chi connectivity index (χ4v) is 2.49. The smallest absolute Gasteiger partial charge is 0.250 e. The van der Waals surface area contributed by atoms with E-state index >= 15 is 0 Å². The van der Waals surface area contributed by atoms with E-state index in [-0.39, 0.29) is 5.56 Å². The molecule has 0 radical (unpaired) electrons. The number of carbonyl (C=O) groups excluding carboxylic acids is 1. The summed E-state index contributed by atoms with van der Waals surface area (Å²) in [5.74, 6) is 0.607. The van der Waals surface area contributed by atoms with Crippen molar-refractivity contribution in [1.29, 1.82) is 0 Å². The summed E-state index contributed by atoms with van der Waals surface area (Å²) >= 11 is 0. The van der Waals surface area contributed by atoms with Crippen molar-refractivity contribution in [2.45, 2.75) is 6.92 Å². The molecule has 0 saturated carbocycles. The summed E-state index contributed by atoms with van der Waals surface area (Å²) in [6.07, 6.45) is 2.37. The molecule has 0 atom stereocenters. The highest BCUT2D eigenvalue weighted by Gasteiger charge is 2.17. The van der Waals surface area contributed by atoms with Gasteiger partial charge in [0.25, 0.3) is 0 Å². The first-order valence-corrected chi connectivity index (χ1v) is 7.14. The molecule has 0 aliphatic heterocycles. The number of hydrogen-bond acceptors (Lipinski definition) is 3. The number of amides is 1. The predicted octanol–water partition coefficient (Wildman–Crippen LogP) is 2.11. The molecule has 0 fully saturated rings. The highest BCUT2D eigenvalue weighted by Crippen LogP contribution is 2.29. The van der Waals surface area contributed by atoms with Crippen LogP contribution in [0, 0.1) is 6.92 Å². The molecular formula is C17H16N4O2. The molecule has 1 N–H and O–H groups in total. The zero-order valence-corrected chi connectivity index (χ0v) is 12.9. The first kappa shape index (κ1) is 14.8. The Balaban J connectivity index is 2.21. The molecular weight excluding hydrogens is 292 g/mol. The van der Waals surface area contributed by atoms with Gasteiger partial charge in [-0.25, -0.2) is 4.68 Å². The van der Waals surface area contributed by atoms with E-state index < -0.39 is 0 Å². The maximum atomic E-state index is 11.6. The SMILES string of the molecule is Cc1c(-c2ccc(=O)n(C)c2)nn(-c2ccccc2)c1NC=O. The number of rotatable bonds is 4. The molecule has 0 spiro atoms. The molecule has 23 heavy (non-hydrogen) atoms. The average Bonchev–Trinajstić information content (AvgIpc) is 2.89. The monoisotopic (exact) mass is 308 g/mol.